The van der Waals surface area contributed by atoms with E-state index in [2.05, 4.69) is 25.8 Å². The average molecular weight is 322 g/mol. The Morgan fingerprint density at radius 1 is 1.17 bits per heavy atom. The van der Waals surface area contributed by atoms with E-state index in [1.54, 1.807) is 29.8 Å². The van der Waals surface area contributed by atoms with Gasteiger partial charge in [-0.25, -0.2) is 9.97 Å². The van der Waals surface area contributed by atoms with Gasteiger partial charge in [0.2, 0.25) is 0 Å². The van der Waals surface area contributed by atoms with E-state index in [-0.39, 0.29) is 0 Å². The Labute approximate surface area is 137 Å². The number of nitrogens with one attached hydrogen (secondary N) is 1. The highest BCUT2D eigenvalue weighted by molar-refractivity contribution is 7.18. The molecule has 0 atom stereocenters. The van der Waals surface area contributed by atoms with Gasteiger partial charge in [0.25, 0.3) is 0 Å². The van der Waals surface area contributed by atoms with Gasteiger partial charge in [0.15, 0.2) is 0 Å². The summed E-state index contributed by atoms with van der Waals surface area (Å²) in [6.45, 7) is 0. The van der Waals surface area contributed by atoms with Crippen LogP contribution in [0.1, 0.15) is 24.0 Å². The number of hydrogen-bond acceptors (Lipinski definition) is 6. The van der Waals surface area contributed by atoms with Gasteiger partial charge >= 0.3 is 0 Å². The Kier molecular flexibility index (Phi) is 3.59. The number of nitrogens with zero attached hydrogens (tertiary/aromatic N) is 3. The first-order valence-corrected chi connectivity index (χ1v) is 8.32. The zero-order valence-corrected chi connectivity index (χ0v) is 13.1. The number of fused-ring (bicyclic) bond motifs is 1. The maximum Gasteiger partial charge on any atom is 0.147 e. The molecule has 0 saturated heterocycles. The lowest BCUT2D eigenvalue weighted by atomic mass is 10.1. The van der Waals surface area contributed by atoms with Gasteiger partial charge in [0.1, 0.15) is 17.8 Å². The first kappa shape index (κ1) is 14.0. The molecule has 0 radical (unpaired) electrons. The van der Waals surface area contributed by atoms with Crippen LogP contribution < -0.4 is 5.32 Å². The topological polar surface area (TPSA) is 67.2 Å². The molecular weight excluding hydrogens is 308 g/mol. The number of aromatic nitrogens is 2. The zero-order valence-electron chi connectivity index (χ0n) is 12.3. The van der Waals surface area contributed by atoms with Crippen molar-refractivity contribution in [2.24, 2.45) is 5.18 Å². The van der Waals surface area contributed by atoms with Crippen molar-refractivity contribution in [3.8, 4) is 0 Å². The summed E-state index contributed by atoms with van der Waals surface area (Å²) in [5, 5.41) is 8.45. The lowest BCUT2D eigenvalue weighted by molar-refractivity contribution is 1.11. The third-order valence-corrected chi connectivity index (χ3v) is 4.75. The molecule has 0 bridgehead atoms. The zero-order chi connectivity index (χ0) is 15.6. The molecule has 23 heavy (non-hydrogen) atoms. The predicted molar refractivity (Wildman–Crippen MR) is 94.9 cm³/mol. The molecule has 1 aliphatic rings. The summed E-state index contributed by atoms with van der Waals surface area (Å²) in [6.07, 6.45) is 8.09. The molecule has 4 rings (SSSR count). The van der Waals surface area contributed by atoms with Crippen LogP contribution in [-0.2, 0) is 0 Å². The monoisotopic (exact) mass is 322 g/mol. The number of anilines is 1. The molecule has 0 amide bonds. The van der Waals surface area contributed by atoms with Gasteiger partial charge in [-0.1, -0.05) is 24.3 Å². The van der Waals surface area contributed by atoms with Crippen molar-refractivity contribution in [3.63, 3.8) is 0 Å². The Balaban J connectivity index is 1.63. The third kappa shape index (κ3) is 2.98. The van der Waals surface area contributed by atoms with E-state index in [4.69, 9.17) is 0 Å². The van der Waals surface area contributed by atoms with Crippen LogP contribution in [0.5, 0.6) is 0 Å². The van der Waals surface area contributed by atoms with Crippen molar-refractivity contribution in [1.29, 1.82) is 0 Å². The number of rotatable bonds is 5. The molecule has 1 saturated carbocycles. The quantitative estimate of drug-likeness (QED) is 0.683. The van der Waals surface area contributed by atoms with E-state index in [0.717, 1.165) is 27.2 Å². The van der Waals surface area contributed by atoms with Crippen molar-refractivity contribution in [2.45, 2.75) is 18.9 Å². The number of nitroso groups, excluding NO2 is 1. The highest BCUT2D eigenvalue weighted by Gasteiger charge is 2.22. The van der Waals surface area contributed by atoms with E-state index in [1.807, 2.05) is 24.3 Å². The largest absolute Gasteiger partial charge is 0.366 e. The second-order valence-electron chi connectivity index (χ2n) is 5.53. The predicted octanol–water partition coefficient (Wildman–Crippen LogP) is 4.83. The minimum absolute atomic E-state index is 0.437. The van der Waals surface area contributed by atoms with Crippen molar-refractivity contribution in [1.82, 2.24) is 9.97 Å². The van der Waals surface area contributed by atoms with Crippen molar-refractivity contribution in [3.05, 3.63) is 52.0 Å². The average Bonchev–Trinajstić information content (AvgIpc) is 3.31. The van der Waals surface area contributed by atoms with Crippen LogP contribution in [0.2, 0.25) is 0 Å². The van der Waals surface area contributed by atoms with Crippen molar-refractivity contribution in [2.75, 3.05) is 5.32 Å². The molecule has 0 aliphatic heterocycles. The van der Waals surface area contributed by atoms with Crippen LogP contribution in [0.15, 0.2) is 41.1 Å². The summed E-state index contributed by atoms with van der Waals surface area (Å²) in [5.41, 5.74) is 3.49. The van der Waals surface area contributed by atoms with Crippen LogP contribution >= 0.6 is 11.3 Å². The Bertz CT molecular complexity index is 881. The van der Waals surface area contributed by atoms with Gasteiger partial charge in [-0.15, -0.1) is 16.2 Å². The maximum atomic E-state index is 10.4. The molecule has 5 nitrogen and oxygen atoms in total. The van der Waals surface area contributed by atoms with Crippen molar-refractivity contribution < 1.29 is 0 Å². The third-order valence-electron chi connectivity index (χ3n) is 3.75. The first-order chi connectivity index (χ1) is 11.3. The SMILES string of the molecule is O=Nc1ccc(/C=C/c2csc3c(NC4CC4)ncnc23)cc1. The van der Waals surface area contributed by atoms with Crippen LogP contribution in [0, 0.1) is 4.91 Å². The molecule has 114 valence electrons. The first-order valence-electron chi connectivity index (χ1n) is 7.44. The second-order valence-corrected chi connectivity index (χ2v) is 6.41. The minimum atomic E-state index is 0.437. The number of hydrogen-bond donors (Lipinski definition) is 1. The van der Waals surface area contributed by atoms with Crippen LogP contribution in [-0.4, -0.2) is 16.0 Å². The normalized spacial score (nSPS) is 14.4. The molecular formula is C17H14N4OS. The summed E-state index contributed by atoms with van der Waals surface area (Å²) < 4.78 is 1.10. The van der Waals surface area contributed by atoms with E-state index < -0.39 is 0 Å². The molecule has 3 aromatic rings. The fourth-order valence-corrected chi connectivity index (χ4v) is 3.28. The van der Waals surface area contributed by atoms with Gasteiger partial charge in [-0.3, -0.25) is 0 Å². The Morgan fingerprint density at radius 3 is 2.74 bits per heavy atom. The number of thiophene rings is 1. The smallest absolute Gasteiger partial charge is 0.147 e. The summed E-state index contributed by atoms with van der Waals surface area (Å²) in [5.74, 6) is 0.934. The summed E-state index contributed by atoms with van der Waals surface area (Å²) in [6, 6.07) is 7.73. The van der Waals surface area contributed by atoms with Gasteiger partial charge in [-0.2, -0.15) is 0 Å². The van der Waals surface area contributed by atoms with Gasteiger partial charge in [-0.05, 0) is 35.7 Å². The summed E-state index contributed by atoms with van der Waals surface area (Å²) in [7, 11) is 0. The maximum absolute atomic E-state index is 10.4. The van der Waals surface area contributed by atoms with E-state index >= 15 is 0 Å². The molecule has 2 heterocycles. The van der Waals surface area contributed by atoms with Crippen LogP contribution in [0.4, 0.5) is 11.5 Å². The fraction of sp³-hybridized carbons (Fsp3) is 0.176. The van der Waals surface area contributed by atoms with Crippen LogP contribution in [0.3, 0.4) is 0 Å². The molecule has 1 aliphatic carbocycles. The standard InChI is InChI=1S/C17H14N4OS/c22-21-14-5-2-11(3-6-14)1-4-12-9-23-16-15(12)18-10-19-17(16)20-13-7-8-13/h1-6,9-10,13H,7-8H2,(H,18,19,20)/b4-1+. The molecule has 0 spiro atoms. The van der Waals surface area contributed by atoms with E-state index in [0.29, 0.717) is 11.7 Å². The molecule has 6 heteroatoms. The summed E-state index contributed by atoms with van der Waals surface area (Å²) in [4.78, 5) is 19.2. The molecule has 2 aromatic heterocycles. The molecule has 1 fully saturated rings. The Hall–Kier alpha value is -2.60. The minimum Gasteiger partial charge on any atom is -0.366 e. The highest BCUT2D eigenvalue weighted by Crippen LogP contribution is 2.33. The number of benzene rings is 1. The van der Waals surface area contributed by atoms with Gasteiger partial charge < -0.3 is 5.32 Å². The van der Waals surface area contributed by atoms with Gasteiger partial charge in [0.05, 0.1) is 10.2 Å². The van der Waals surface area contributed by atoms with Crippen molar-refractivity contribution >= 4 is 45.2 Å². The molecule has 1 N–H and O–H groups in total. The lowest BCUT2D eigenvalue weighted by Crippen LogP contribution is -2.03. The molecule has 1 aromatic carbocycles. The Morgan fingerprint density at radius 2 is 2.00 bits per heavy atom. The van der Waals surface area contributed by atoms with E-state index in [9.17, 15) is 4.91 Å². The fourth-order valence-electron chi connectivity index (χ4n) is 2.34. The lowest BCUT2D eigenvalue weighted by Gasteiger charge is -2.03. The second kappa shape index (κ2) is 5.89. The van der Waals surface area contributed by atoms with E-state index in [1.165, 1.54) is 12.8 Å². The summed E-state index contributed by atoms with van der Waals surface area (Å²) >= 11 is 1.66. The van der Waals surface area contributed by atoms with Crippen LogP contribution in [0.25, 0.3) is 22.4 Å². The van der Waals surface area contributed by atoms with Gasteiger partial charge in [0, 0.05) is 17.0 Å². The highest BCUT2D eigenvalue weighted by atomic mass is 32.1. The molecule has 0 unspecified atom stereocenters.